The molecule has 0 aromatic carbocycles. The van der Waals surface area contributed by atoms with Crippen LogP contribution < -0.4 is 0 Å². The summed E-state index contributed by atoms with van der Waals surface area (Å²) in [6.45, 7) is 9.97. The quantitative estimate of drug-likeness (QED) is 0.195. The average Bonchev–Trinajstić information content (AvgIpc) is 2.76. The maximum atomic E-state index is 10.5. The van der Waals surface area contributed by atoms with E-state index in [4.69, 9.17) is 19.3 Å². The molecule has 0 fully saturated rings. The van der Waals surface area contributed by atoms with Crippen molar-refractivity contribution in [1.82, 2.24) is 0 Å². The molecule has 3 N–H and O–H groups in total. The predicted octanol–water partition coefficient (Wildman–Crippen LogP) is 3.38. The fraction of sp³-hybridized carbons (Fsp3) is 0.577. The smallest absolute Gasteiger partial charge is 0.381 e. The lowest BCUT2D eigenvalue weighted by atomic mass is 9.91. The minimum absolute atomic E-state index is 0.0626. The van der Waals surface area contributed by atoms with Gasteiger partial charge in [-0.15, -0.1) is 6.58 Å². The summed E-state index contributed by atoms with van der Waals surface area (Å²) in [7, 11) is 1.56. The number of carboxylic acids is 1. The van der Waals surface area contributed by atoms with Crippen molar-refractivity contribution in [3.63, 3.8) is 0 Å². The number of carboxylic acid groups (broad SMARTS) is 1. The van der Waals surface area contributed by atoms with E-state index in [9.17, 15) is 15.0 Å². The summed E-state index contributed by atoms with van der Waals surface area (Å²) in [6.07, 6.45) is 10.5. The molecule has 1 aliphatic heterocycles. The molecule has 1 rings (SSSR count). The lowest BCUT2D eigenvalue weighted by molar-refractivity contribution is -0.130. The number of carbonyl (C=O) groups is 1. The third-order valence-corrected chi connectivity index (χ3v) is 5.17. The maximum absolute atomic E-state index is 10.5. The van der Waals surface area contributed by atoms with E-state index >= 15 is 0 Å². The molecule has 6 atom stereocenters. The van der Waals surface area contributed by atoms with E-state index in [0.717, 1.165) is 24.8 Å². The van der Waals surface area contributed by atoms with Crippen molar-refractivity contribution in [2.45, 2.75) is 76.0 Å². The van der Waals surface area contributed by atoms with E-state index in [-0.39, 0.29) is 31.5 Å². The molecule has 0 aromatic heterocycles. The molecule has 0 aromatic rings. The van der Waals surface area contributed by atoms with Crippen LogP contribution in [0.2, 0.25) is 0 Å². The zero-order chi connectivity index (χ0) is 24.6. The van der Waals surface area contributed by atoms with Crippen LogP contribution in [0.25, 0.3) is 0 Å². The fourth-order valence-electron chi connectivity index (χ4n) is 3.62. The molecular formula is C26H38O7. The summed E-state index contributed by atoms with van der Waals surface area (Å²) in [5.74, 6) is 3.96. The summed E-state index contributed by atoms with van der Waals surface area (Å²) in [5.41, 5.74) is 1.04. The van der Waals surface area contributed by atoms with Crippen LogP contribution in [-0.2, 0) is 19.0 Å². The topological polar surface area (TPSA) is 105 Å². The van der Waals surface area contributed by atoms with Gasteiger partial charge in [-0.1, -0.05) is 55.4 Å². The van der Waals surface area contributed by atoms with Crippen LogP contribution in [0.4, 0.5) is 0 Å². The summed E-state index contributed by atoms with van der Waals surface area (Å²) >= 11 is 0. The molecule has 33 heavy (non-hydrogen) atoms. The van der Waals surface area contributed by atoms with Crippen molar-refractivity contribution in [2.24, 2.45) is 5.92 Å². The van der Waals surface area contributed by atoms with Crippen molar-refractivity contribution in [3.05, 3.63) is 49.1 Å². The Hall–Kier alpha value is -2.21. The largest absolute Gasteiger partial charge is 0.472 e. The zero-order valence-electron chi connectivity index (χ0n) is 19.7. The molecule has 0 bridgehead atoms. The first-order valence-electron chi connectivity index (χ1n) is 11.2. The SMILES string of the molecule is C=C[C@H](O)[C@@H](O)C/C=C/[C@H](CC(=C)C[C@H](C)C[C@@H]1CC=C[C@@H](CC#CC(=O)O)O1)OCOC. The van der Waals surface area contributed by atoms with Gasteiger partial charge in [0.15, 0.2) is 0 Å². The van der Waals surface area contributed by atoms with Gasteiger partial charge in [-0.2, -0.15) is 0 Å². The molecular weight excluding hydrogens is 424 g/mol. The number of methoxy groups -OCH3 is 1. The van der Waals surface area contributed by atoms with Crippen LogP contribution >= 0.6 is 0 Å². The number of hydrogen-bond donors (Lipinski definition) is 3. The highest BCUT2D eigenvalue weighted by Gasteiger charge is 2.21. The van der Waals surface area contributed by atoms with Gasteiger partial charge in [-0.3, -0.25) is 0 Å². The van der Waals surface area contributed by atoms with Gasteiger partial charge in [0.05, 0.1) is 30.5 Å². The van der Waals surface area contributed by atoms with Crippen LogP contribution in [0.1, 0.15) is 45.4 Å². The zero-order valence-corrected chi connectivity index (χ0v) is 19.7. The van der Waals surface area contributed by atoms with Gasteiger partial charge >= 0.3 is 5.97 Å². The average molecular weight is 463 g/mol. The van der Waals surface area contributed by atoms with E-state index in [1.165, 1.54) is 6.08 Å². The number of aliphatic carboxylic acids is 1. The summed E-state index contributed by atoms with van der Waals surface area (Å²) < 4.78 is 16.8. The summed E-state index contributed by atoms with van der Waals surface area (Å²) in [5, 5.41) is 28.1. The minimum atomic E-state index is -1.13. The highest BCUT2D eigenvalue weighted by molar-refractivity contribution is 5.86. The second-order valence-electron chi connectivity index (χ2n) is 8.34. The van der Waals surface area contributed by atoms with Crippen LogP contribution in [0.3, 0.4) is 0 Å². The monoisotopic (exact) mass is 462 g/mol. The lowest BCUT2D eigenvalue weighted by Crippen LogP contribution is -2.25. The Bertz CT molecular complexity index is 731. The predicted molar refractivity (Wildman–Crippen MR) is 127 cm³/mol. The van der Waals surface area contributed by atoms with Crippen molar-refractivity contribution < 1.29 is 34.3 Å². The van der Waals surface area contributed by atoms with Gasteiger partial charge in [0, 0.05) is 19.5 Å². The molecule has 0 amide bonds. The van der Waals surface area contributed by atoms with Gasteiger partial charge in [-0.25, -0.2) is 4.79 Å². The molecule has 1 aliphatic rings. The van der Waals surface area contributed by atoms with E-state index in [1.54, 1.807) is 13.2 Å². The number of aliphatic hydroxyl groups is 2. The number of aliphatic hydroxyl groups excluding tert-OH is 2. The Kier molecular flexibility index (Phi) is 14.3. The molecule has 7 nitrogen and oxygen atoms in total. The Morgan fingerprint density at radius 3 is 2.79 bits per heavy atom. The molecule has 0 saturated carbocycles. The first-order chi connectivity index (χ1) is 15.7. The third-order valence-electron chi connectivity index (χ3n) is 5.17. The summed E-state index contributed by atoms with van der Waals surface area (Å²) in [6, 6.07) is 0. The molecule has 0 unspecified atom stereocenters. The van der Waals surface area contributed by atoms with Gasteiger partial charge in [0.25, 0.3) is 0 Å². The second kappa shape index (κ2) is 16.4. The molecule has 0 saturated heterocycles. The van der Waals surface area contributed by atoms with E-state index in [0.29, 0.717) is 18.8 Å². The van der Waals surface area contributed by atoms with Crippen molar-refractivity contribution in [3.8, 4) is 11.8 Å². The van der Waals surface area contributed by atoms with Crippen molar-refractivity contribution in [2.75, 3.05) is 13.9 Å². The third kappa shape index (κ3) is 13.2. The number of ether oxygens (including phenoxy) is 3. The molecule has 184 valence electrons. The van der Waals surface area contributed by atoms with Crippen LogP contribution in [0.15, 0.2) is 49.1 Å². The van der Waals surface area contributed by atoms with Crippen molar-refractivity contribution >= 4 is 5.97 Å². The standard InChI is InChI=1S/C26H38O7/c1-5-24(27)25(28)13-7-11-22(32-18-31-4)16-19(2)15-20(3)17-23-12-6-9-21(33-23)10-8-14-26(29)30/h5-7,9,11,20-25,27-28H,1-2,10,12-13,15-18H2,3-4H3,(H,29,30)/b11-7+/t20-,21-,22+,23-,24-,25-/m0/s1. The van der Waals surface area contributed by atoms with Gasteiger partial charge in [0.1, 0.15) is 6.79 Å². The Morgan fingerprint density at radius 1 is 1.36 bits per heavy atom. The minimum Gasteiger partial charge on any atom is -0.472 e. The first kappa shape index (κ1) is 28.8. The fourth-order valence-corrected chi connectivity index (χ4v) is 3.62. The maximum Gasteiger partial charge on any atom is 0.381 e. The van der Waals surface area contributed by atoms with Gasteiger partial charge in [-0.05, 0) is 38.0 Å². The van der Waals surface area contributed by atoms with Crippen LogP contribution in [0, 0.1) is 17.8 Å². The Morgan fingerprint density at radius 2 is 2.12 bits per heavy atom. The lowest BCUT2D eigenvalue weighted by Gasteiger charge is -2.27. The number of hydrogen-bond acceptors (Lipinski definition) is 6. The molecule has 0 aliphatic carbocycles. The summed E-state index contributed by atoms with van der Waals surface area (Å²) in [4.78, 5) is 10.5. The van der Waals surface area contributed by atoms with E-state index in [2.05, 4.69) is 38.0 Å². The van der Waals surface area contributed by atoms with Gasteiger partial charge < -0.3 is 29.5 Å². The Labute approximate surface area is 197 Å². The molecule has 7 heteroatoms. The highest BCUT2D eigenvalue weighted by atomic mass is 16.7. The van der Waals surface area contributed by atoms with Crippen LogP contribution in [0.5, 0.6) is 0 Å². The first-order valence-corrected chi connectivity index (χ1v) is 11.2. The van der Waals surface area contributed by atoms with E-state index < -0.39 is 18.2 Å². The molecule has 0 spiro atoms. The molecule has 1 heterocycles. The van der Waals surface area contributed by atoms with E-state index in [1.807, 2.05) is 12.2 Å². The van der Waals surface area contributed by atoms with Gasteiger partial charge in [0.2, 0.25) is 0 Å². The molecule has 0 radical (unpaired) electrons. The van der Waals surface area contributed by atoms with Crippen molar-refractivity contribution in [1.29, 1.82) is 0 Å². The second-order valence-corrected chi connectivity index (χ2v) is 8.34. The number of rotatable bonds is 15. The Balaban J connectivity index is 2.50. The van der Waals surface area contributed by atoms with Crippen LogP contribution in [-0.4, -0.2) is 65.7 Å². The normalized spacial score (nSPS) is 21.6. The highest BCUT2D eigenvalue weighted by Crippen LogP contribution is 2.25.